The van der Waals surface area contributed by atoms with E-state index in [0.717, 1.165) is 29.9 Å². The van der Waals surface area contributed by atoms with Crippen LogP contribution in [-0.4, -0.2) is 44.0 Å². The lowest BCUT2D eigenvalue weighted by molar-refractivity contribution is 0.102. The summed E-state index contributed by atoms with van der Waals surface area (Å²) in [5, 5.41) is 3.00. The van der Waals surface area contributed by atoms with Gasteiger partial charge in [-0.3, -0.25) is 4.79 Å². The lowest BCUT2D eigenvalue weighted by atomic mass is 10.0. The summed E-state index contributed by atoms with van der Waals surface area (Å²) < 4.78 is 0. The maximum absolute atomic E-state index is 12.6. The van der Waals surface area contributed by atoms with Crippen LogP contribution in [0.5, 0.6) is 0 Å². The van der Waals surface area contributed by atoms with E-state index in [4.69, 9.17) is 0 Å². The molecule has 0 aliphatic carbocycles. The molecule has 0 spiro atoms. The van der Waals surface area contributed by atoms with Crippen LogP contribution in [-0.2, 0) is 0 Å². The molecule has 1 aliphatic rings. The van der Waals surface area contributed by atoms with Crippen molar-refractivity contribution < 1.29 is 4.79 Å². The van der Waals surface area contributed by atoms with Crippen molar-refractivity contribution in [3.05, 3.63) is 83.9 Å². The van der Waals surface area contributed by atoms with E-state index in [1.165, 1.54) is 17.7 Å². The molecular weight excluding hydrogens is 370 g/mol. The Kier molecular flexibility index (Phi) is 5.86. The first-order chi connectivity index (χ1) is 14.5. The molecular formula is C26H29N3O. The Morgan fingerprint density at radius 3 is 2.07 bits per heavy atom. The third-order valence-electron chi connectivity index (χ3n) is 5.92. The van der Waals surface area contributed by atoms with Crippen molar-refractivity contribution in [1.29, 1.82) is 0 Å². The number of carbonyl (C=O) groups excluding carboxylic acids is 1. The normalized spacial score (nSPS) is 16.1. The van der Waals surface area contributed by atoms with Crippen molar-refractivity contribution >= 4 is 17.3 Å². The summed E-state index contributed by atoms with van der Waals surface area (Å²) in [6.45, 7) is 4.20. The summed E-state index contributed by atoms with van der Waals surface area (Å²) in [6, 6.07) is 24.9. The third kappa shape index (κ3) is 4.55. The Morgan fingerprint density at radius 2 is 1.50 bits per heavy atom. The number of hydrogen-bond donors (Lipinski definition) is 1. The van der Waals surface area contributed by atoms with E-state index >= 15 is 0 Å². The maximum atomic E-state index is 12.6. The molecule has 1 amide bonds. The Balaban J connectivity index is 1.38. The highest BCUT2D eigenvalue weighted by molar-refractivity contribution is 6.04. The fraction of sp³-hybridized carbons (Fsp3) is 0.269. The van der Waals surface area contributed by atoms with Crippen LogP contribution in [0.1, 0.15) is 22.3 Å². The lowest BCUT2D eigenvalue weighted by Gasteiger charge is -2.22. The molecule has 4 rings (SSSR count). The van der Waals surface area contributed by atoms with Gasteiger partial charge in [0.05, 0.1) is 0 Å². The van der Waals surface area contributed by atoms with Gasteiger partial charge in [0.2, 0.25) is 0 Å². The number of anilines is 2. The molecule has 1 fully saturated rings. The largest absolute Gasteiger partial charge is 0.370 e. The van der Waals surface area contributed by atoms with E-state index in [1.54, 1.807) is 0 Å². The number of benzene rings is 3. The van der Waals surface area contributed by atoms with Gasteiger partial charge in [0, 0.05) is 36.1 Å². The number of aryl methyl sites for hydroxylation is 1. The van der Waals surface area contributed by atoms with Gasteiger partial charge in [-0.15, -0.1) is 0 Å². The smallest absolute Gasteiger partial charge is 0.255 e. The third-order valence-corrected chi connectivity index (χ3v) is 5.92. The van der Waals surface area contributed by atoms with Crippen LogP contribution in [0.25, 0.3) is 11.1 Å². The SMILES string of the molecule is Cc1ccc(-c2ccc(C(=O)Nc3ccc(N4CCC(N(C)C)C4)cc3)cc2)cc1. The van der Waals surface area contributed by atoms with E-state index in [-0.39, 0.29) is 5.91 Å². The minimum atomic E-state index is -0.0907. The molecule has 1 heterocycles. The molecule has 0 bridgehead atoms. The predicted octanol–water partition coefficient (Wildman–Crippen LogP) is 5.05. The number of carbonyl (C=O) groups is 1. The van der Waals surface area contributed by atoms with Gasteiger partial charge in [-0.25, -0.2) is 0 Å². The molecule has 1 unspecified atom stereocenters. The lowest BCUT2D eigenvalue weighted by Crippen LogP contribution is -2.31. The summed E-state index contributed by atoms with van der Waals surface area (Å²) >= 11 is 0. The summed E-state index contributed by atoms with van der Waals surface area (Å²) in [5.41, 5.74) is 6.18. The number of amides is 1. The number of nitrogens with one attached hydrogen (secondary N) is 1. The number of rotatable bonds is 5. The van der Waals surface area contributed by atoms with Crippen LogP contribution < -0.4 is 10.2 Å². The quantitative estimate of drug-likeness (QED) is 0.652. The van der Waals surface area contributed by atoms with E-state index in [9.17, 15) is 4.79 Å². The van der Waals surface area contributed by atoms with E-state index < -0.39 is 0 Å². The van der Waals surface area contributed by atoms with Gasteiger partial charge < -0.3 is 15.1 Å². The van der Waals surface area contributed by atoms with Crippen LogP contribution in [0.2, 0.25) is 0 Å². The second-order valence-electron chi connectivity index (χ2n) is 8.30. The van der Waals surface area contributed by atoms with Crippen molar-refractivity contribution in [2.45, 2.75) is 19.4 Å². The number of hydrogen-bond acceptors (Lipinski definition) is 3. The zero-order valence-electron chi connectivity index (χ0n) is 17.9. The van der Waals surface area contributed by atoms with Crippen LogP contribution in [0.3, 0.4) is 0 Å². The molecule has 3 aromatic carbocycles. The summed E-state index contributed by atoms with van der Waals surface area (Å²) in [7, 11) is 4.28. The molecule has 0 aromatic heterocycles. The van der Waals surface area contributed by atoms with Gasteiger partial charge in [0.25, 0.3) is 5.91 Å². The fourth-order valence-corrected chi connectivity index (χ4v) is 3.92. The first-order valence-electron chi connectivity index (χ1n) is 10.5. The highest BCUT2D eigenvalue weighted by atomic mass is 16.1. The zero-order valence-corrected chi connectivity index (χ0v) is 17.9. The van der Waals surface area contributed by atoms with Crippen molar-refractivity contribution in [2.24, 2.45) is 0 Å². The Morgan fingerprint density at radius 1 is 0.900 bits per heavy atom. The zero-order chi connectivity index (χ0) is 21.1. The monoisotopic (exact) mass is 399 g/mol. The minimum Gasteiger partial charge on any atom is -0.370 e. The molecule has 4 heteroatoms. The molecule has 3 aromatic rings. The molecule has 0 saturated carbocycles. The predicted molar refractivity (Wildman–Crippen MR) is 125 cm³/mol. The Bertz CT molecular complexity index is 992. The van der Waals surface area contributed by atoms with Gasteiger partial charge in [-0.1, -0.05) is 42.0 Å². The van der Waals surface area contributed by atoms with Gasteiger partial charge in [-0.05, 0) is 75.0 Å². The molecule has 4 nitrogen and oxygen atoms in total. The molecule has 154 valence electrons. The van der Waals surface area contributed by atoms with E-state index in [2.05, 4.69) is 72.5 Å². The highest BCUT2D eigenvalue weighted by Gasteiger charge is 2.23. The second-order valence-corrected chi connectivity index (χ2v) is 8.30. The first kappa shape index (κ1) is 20.2. The van der Waals surface area contributed by atoms with Crippen LogP contribution in [0.4, 0.5) is 11.4 Å². The van der Waals surface area contributed by atoms with Gasteiger partial charge in [0.1, 0.15) is 0 Å². The number of nitrogens with zero attached hydrogens (tertiary/aromatic N) is 2. The highest BCUT2D eigenvalue weighted by Crippen LogP contribution is 2.24. The van der Waals surface area contributed by atoms with Gasteiger partial charge >= 0.3 is 0 Å². The Labute approximate surface area is 179 Å². The van der Waals surface area contributed by atoms with Crippen LogP contribution in [0, 0.1) is 6.92 Å². The fourth-order valence-electron chi connectivity index (χ4n) is 3.92. The van der Waals surface area contributed by atoms with Crippen molar-refractivity contribution in [1.82, 2.24) is 4.90 Å². The van der Waals surface area contributed by atoms with Crippen LogP contribution in [0.15, 0.2) is 72.8 Å². The molecule has 1 atom stereocenters. The van der Waals surface area contributed by atoms with Crippen LogP contribution >= 0.6 is 0 Å². The molecule has 1 N–H and O–H groups in total. The van der Waals surface area contributed by atoms with Crippen molar-refractivity contribution in [3.63, 3.8) is 0 Å². The Hall–Kier alpha value is -3.11. The average Bonchev–Trinajstić information content (AvgIpc) is 3.26. The van der Waals surface area contributed by atoms with E-state index in [0.29, 0.717) is 11.6 Å². The second kappa shape index (κ2) is 8.72. The van der Waals surface area contributed by atoms with Crippen molar-refractivity contribution in [2.75, 3.05) is 37.4 Å². The maximum Gasteiger partial charge on any atom is 0.255 e. The number of likely N-dealkylation sites (N-methyl/N-ethyl adjacent to an activating group) is 1. The van der Waals surface area contributed by atoms with Crippen molar-refractivity contribution in [3.8, 4) is 11.1 Å². The summed E-state index contributed by atoms with van der Waals surface area (Å²) in [6.07, 6.45) is 1.18. The van der Waals surface area contributed by atoms with Gasteiger partial charge in [0.15, 0.2) is 0 Å². The summed E-state index contributed by atoms with van der Waals surface area (Å²) in [5.74, 6) is -0.0907. The molecule has 30 heavy (non-hydrogen) atoms. The molecule has 1 saturated heterocycles. The van der Waals surface area contributed by atoms with Gasteiger partial charge in [-0.2, -0.15) is 0 Å². The molecule has 0 radical (unpaired) electrons. The first-order valence-corrected chi connectivity index (χ1v) is 10.5. The summed E-state index contributed by atoms with van der Waals surface area (Å²) in [4.78, 5) is 17.3. The van der Waals surface area contributed by atoms with E-state index in [1.807, 2.05) is 36.4 Å². The topological polar surface area (TPSA) is 35.6 Å². The standard InChI is InChI=1S/C26H29N3O/c1-19-4-6-20(7-5-19)21-8-10-22(11-9-21)26(30)27-23-12-14-24(15-13-23)29-17-16-25(18-29)28(2)3/h4-15,25H,16-18H2,1-3H3,(H,27,30). The molecule has 1 aliphatic heterocycles. The average molecular weight is 400 g/mol. The minimum absolute atomic E-state index is 0.0907.